The summed E-state index contributed by atoms with van der Waals surface area (Å²) in [6, 6.07) is 6.70. The molecule has 34 heavy (non-hydrogen) atoms. The summed E-state index contributed by atoms with van der Waals surface area (Å²) in [5.74, 6) is 0.553. The molecule has 0 saturated heterocycles. The highest BCUT2D eigenvalue weighted by atomic mass is 16.1. The van der Waals surface area contributed by atoms with E-state index in [-0.39, 0.29) is 33.9 Å². The van der Waals surface area contributed by atoms with Crippen LogP contribution >= 0.6 is 0 Å². The SMILES string of the molecule is C[C@@H]1CC(C)(C)N(C)c2ccc(C3C4=C(CC(C)(C)CC4=O)NC4=C3C(=O)CC(C)(C)C4)cc21. The zero-order chi connectivity index (χ0) is 24.8. The molecule has 1 N–H and O–H groups in total. The Kier molecular flexibility index (Phi) is 5.03. The van der Waals surface area contributed by atoms with Crippen molar-refractivity contribution in [3.05, 3.63) is 51.9 Å². The number of carbonyl (C=O) groups excluding carboxylic acids is 2. The summed E-state index contributed by atoms with van der Waals surface area (Å²) in [7, 11) is 2.18. The van der Waals surface area contributed by atoms with Gasteiger partial charge in [-0.15, -0.1) is 0 Å². The number of allylic oxidation sites excluding steroid dienone is 4. The standard InChI is InChI=1S/C30H40N2O2/c1-17-12-30(6,7)32(8)22-10-9-18(11-19(17)22)25-26-20(13-28(2,3)15-23(26)33)31-21-14-29(4,5)16-24(34)27(21)25/h9-11,17,25,31H,12-16H2,1-8H3/t17-/m1/s1. The summed E-state index contributed by atoms with van der Waals surface area (Å²) in [6.45, 7) is 15.6. The molecule has 4 nitrogen and oxygen atoms in total. The molecule has 0 amide bonds. The minimum absolute atomic E-state index is 0.0710. The minimum atomic E-state index is -0.254. The number of benzene rings is 1. The number of rotatable bonds is 1. The van der Waals surface area contributed by atoms with Crippen molar-refractivity contribution in [2.45, 2.75) is 97.9 Å². The molecule has 0 aromatic heterocycles. The van der Waals surface area contributed by atoms with E-state index < -0.39 is 0 Å². The Morgan fingerprint density at radius 1 is 0.853 bits per heavy atom. The third-order valence-corrected chi connectivity index (χ3v) is 8.71. The molecule has 4 heteroatoms. The number of dihydropyridines is 1. The van der Waals surface area contributed by atoms with E-state index in [1.807, 2.05) is 0 Å². The molecule has 0 fully saturated rings. The van der Waals surface area contributed by atoms with Gasteiger partial charge >= 0.3 is 0 Å². The predicted octanol–water partition coefficient (Wildman–Crippen LogP) is 6.38. The summed E-state index contributed by atoms with van der Waals surface area (Å²) >= 11 is 0. The number of hydrogen-bond donors (Lipinski definition) is 1. The first kappa shape index (κ1) is 23.4. The second-order valence-electron chi connectivity index (χ2n) is 13.5. The fourth-order valence-corrected chi connectivity index (χ4v) is 7.00. The van der Waals surface area contributed by atoms with Gasteiger partial charge in [-0.25, -0.2) is 0 Å². The number of anilines is 1. The zero-order valence-corrected chi connectivity index (χ0v) is 22.2. The second-order valence-corrected chi connectivity index (χ2v) is 13.5. The predicted molar refractivity (Wildman–Crippen MR) is 138 cm³/mol. The normalized spacial score (nSPS) is 27.8. The lowest BCUT2D eigenvalue weighted by atomic mass is 9.64. The first-order chi connectivity index (χ1) is 15.7. The number of Topliss-reactive ketones (excluding diaryl/α,β-unsaturated/α-hetero) is 2. The van der Waals surface area contributed by atoms with Crippen LogP contribution in [0.4, 0.5) is 5.69 Å². The fourth-order valence-electron chi connectivity index (χ4n) is 7.00. The van der Waals surface area contributed by atoms with Gasteiger partial charge in [0.1, 0.15) is 0 Å². The van der Waals surface area contributed by atoms with Crippen LogP contribution in [-0.2, 0) is 9.59 Å². The maximum Gasteiger partial charge on any atom is 0.162 e. The molecule has 0 spiro atoms. The number of carbonyl (C=O) groups is 2. The van der Waals surface area contributed by atoms with Crippen LogP contribution in [0.25, 0.3) is 0 Å². The van der Waals surface area contributed by atoms with Crippen LogP contribution in [0.5, 0.6) is 0 Å². The molecule has 0 unspecified atom stereocenters. The number of nitrogens with one attached hydrogen (secondary N) is 1. The van der Waals surface area contributed by atoms with Crippen molar-refractivity contribution in [1.29, 1.82) is 0 Å². The van der Waals surface area contributed by atoms with E-state index >= 15 is 0 Å². The van der Waals surface area contributed by atoms with Crippen molar-refractivity contribution >= 4 is 17.3 Å². The largest absolute Gasteiger partial charge is 0.369 e. The second kappa shape index (κ2) is 7.32. The smallest absolute Gasteiger partial charge is 0.162 e. The zero-order valence-electron chi connectivity index (χ0n) is 22.2. The molecule has 2 aliphatic carbocycles. The van der Waals surface area contributed by atoms with Crippen LogP contribution in [0.3, 0.4) is 0 Å². The van der Waals surface area contributed by atoms with Crippen LogP contribution in [0.15, 0.2) is 40.7 Å². The van der Waals surface area contributed by atoms with Crippen molar-refractivity contribution in [2.24, 2.45) is 10.8 Å². The molecular weight excluding hydrogens is 420 g/mol. The molecule has 182 valence electrons. The Bertz CT molecular complexity index is 1110. The van der Waals surface area contributed by atoms with Crippen LogP contribution in [0.2, 0.25) is 0 Å². The Morgan fingerprint density at radius 3 is 1.91 bits per heavy atom. The number of nitrogens with zero attached hydrogens (tertiary/aromatic N) is 1. The molecule has 0 bridgehead atoms. The van der Waals surface area contributed by atoms with Crippen LogP contribution in [-0.4, -0.2) is 24.2 Å². The maximum absolute atomic E-state index is 13.6. The topological polar surface area (TPSA) is 49.4 Å². The molecule has 0 saturated carbocycles. The monoisotopic (exact) mass is 460 g/mol. The summed E-state index contributed by atoms with van der Waals surface area (Å²) in [4.78, 5) is 29.6. The van der Waals surface area contributed by atoms with Crippen LogP contribution in [0, 0.1) is 10.8 Å². The van der Waals surface area contributed by atoms with Gasteiger partial charge in [-0.1, -0.05) is 46.8 Å². The van der Waals surface area contributed by atoms with E-state index in [9.17, 15) is 9.59 Å². The van der Waals surface area contributed by atoms with E-state index in [1.165, 1.54) is 11.3 Å². The lowest BCUT2D eigenvalue weighted by Crippen LogP contribution is -2.45. The van der Waals surface area contributed by atoms with Crippen LogP contribution in [0.1, 0.15) is 104 Å². The Hall–Kier alpha value is -2.36. The minimum Gasteiger partial charge on any atom is -0.369 e. The Morgan fingerprint density at radius 2 is 1.38 bits per heavy atom. The molecule has 1 aromatic rings. The van der Waals surface area contributed by atoms with Gasteiger partial charge in [0.15, 0.2) is 11.6 Å². The van der Waals surface area contributed by atoms with Gasteiger partial charge in [-0.2, -0.15) is 0 Å². The molecule has 0 radical (unpaired) electrons. The van der Waals surface area contributed by atoms with E-state index in [0.29, 0.717) is 18.8 Å². The molecule has 2 heterocycles. The van der Waals surface area contributed by atoms with E-state index in [2.05, 4.69) is 83.9 Å². The number of fused-ring (bicyclic) bond motifs is 1. The van der Waals surface area contributed by atoms with E-state index in [0.717, 1.165) is 47.4 Å². The molecule has 2 aliphatic heterocycles. The number of ketones is 2. The van der Waals surface area contributed by atoms with Crippen molar-refractivity contribution in [2.75, 3.05) is 11.9 Å². The molecule has 1 atom stereocenters. The Balaban J connectivity index is 1.69. The highest BCUT2D eigenvalue weighted by Crippen LogP contribution is 2.52. The molecule has 1 aromatic carbocycles. The average molecular weight is 461 g/mol. The molecule has 5 rings (SSSR count). The van der Waals surface area contributed by atoms with Crippen LogP contribution < -0.4 is 10.2 Å². The Labute approximate surface area is 204 Å². The lowest BCUT2D eigenvalue weighted by molar-refractivity contribution is -0.119. The third-order valence-electron chi connectivity index (χ3n) is 8.71. The summed E-state index contributed by atoms with van der Waals surface area (Å²) < 4.78 is 0. The van der Waals surface area contributed by atoms with Gasteiger partial charge in [0.05, 0.1) is 0 Å². The quantitative estimate of drug-likeness (QED) is 0.528. The van der Waals surface area contributed by atoms with Crippen molar-refractivity contribution in [3.63, 3.8) is 0 Å². The van der Waals surface area contributed by atoms with E-state index in [1.54, 1.807) is 0 Å². The molecular formula is C30H40N2O2. The first-order valence-corrected chi connectivity index (χ1v) is 12.9. The van der Waals surface area contributed by atoms with Gasteiger partial charge in [-0.05, 0) is 67.1 Å². The first-order valence-electron chi connectivity index (χ1n) is 12.9. The van der Waals surface area contributed by atoms with Gasteiger partial charge in [0.2, 0.25) is 0 Å². The highest BCUT2D eigenvalue weighted by molar-refractivity contribution is 6.06. The molecule has 4 aliphatic rings. The summed E-state index contributed by atoms with van der Waals surface area (Å²) in [5.41, 5.74) is 7.40. The third kappa shape index (κ3) is 3.65. The highest BCUT2D eigenvalue weighted by Gasteiger charge is 2.46. The van der Waals surface area contributed by atoms with Crippen molar-refractivity contribution < 1.29 is 9.59 Å². The van der Waals surface area contributed by atoms with Gasteiger partial charge in [0.25, 0.3) is 0 Å². The van der Waals surface area contributed by atoms with Crippen molar-refractivity contribution in [3.8, 4) is 0 Å². The van der Waals surface area contributed by atoms with E-state index in [4.69, 9.17) is 0 Å². The van der Waals surface area contributed by atoms with Crippen molar-refractivity contribution in [1.82, 2.24) is 5.32 Å². The van der Waals surface area contributed by atoms with Gasteiger partial charge in [-0.3, -0.25) is 9.59 Å². The fraction of sp³-hybridized carbons (Fsp3) is 0.600. The average Bonchev–Trinajstić information content (AvgIpc) is 2.68. The summed E-state index contributed by atoms with van der Waals surface area (Å²) in [6.07, 6.45) is 3.83. The lowest BCUT2D eigenvalue weighted by Gasteiger charge is -2.46. The maximum atomic E-state index is 13.6. The van der Waals surface area contributed by atoms with Gasteiger partial charge < -0.3 is 10.2 Å². The number of hydrogen-bond acceptors (Lipinski definition) is 4. The summed E-state index contributed by atoms with van der Waals surface area (Å²) in [5, 5.41) is 3.63. The van der Waals surface area contributed by atoms with Gasteiger partial charge in [0, 0.05) is 59.6 Å².